The lowest BCUT2D eigenvalue weighted by molar-refractivity contribution is -0.115. The van der Waals surface area contributed by atoms with Crippen molar-refractivity contribution in [3.8, 4) is 0 Å². The Morgan fingerprint density at radius 1 is 1.53 bits per heavy atom. The molecule has 8 heteroatoms. The van der Waals surface area contributed by atoms with E-state index < -0.39 is 5.97 Å². The van der Waals surface area contributed by atoms with Gasteiger partial charge in [-0.1, -0.05) is 0 Å². The van der Waals surface area contributed by atoms with Crippen molar-refractivity contribution < 1.29 is 14.7 Å². The first-order chi connectivity index (χ1) is 8.97. The van der Waals surface area contributed by atoms with Gasteiger partial charge in [0.1, 0.15) is 11.4 Å². The average Bonchev–Trinajstić information content (AvgIpc) is 2.87. The number of hydrogen-bond donors (Lipinski definition) is 2. The zero-order valence-corrected chi connectivity index (χ0v) is 11.2. The summed E-state index contributed by atoms with van der Waals surface area (Å²) in [5, 5.41) is 18.0. The van der Waals surface area contributed by atoms with E-state index >= 15 is 0 Å². The highest BCUT2D eigenvalue weighted by Crippen LogP contribution is 2.15. The van der Waals surface area contributed by atoms with E-state index in [-0.39, 0.29) is 23.7 Å². The van der Waals surface area contributed by atoms with Crippen LogP contribution in [0.5, 0.6) is 0 Å². The van der Waals surface area contributed by atoms with Crippen LogP contribution in [0.2, 0.25) is 0 Å². The summed E-state index contributed by atoms with van der Waals surface area (Å²) in [6.07, 6.45) is 1.31. The Balaban J connectivity index is 2.11. The van der Waals surface area contributed by atoms with Gasteiger partial charge >= 0.3 is 5.97 Å². The minimum Gasteiger partial charge on any atom is -0.477 e. The fourth-order valence-corrected chi connectivity index (χ4v) is 2.19. The van der Waals surface area contributed by atoms with Crippen molar-refractivity contribution in [3.05, 3.63) is 27.8 Å². The number of nitrogens with zero attached hydrogens (tertiary/aromatic N) is 3. The summed E-state index contributed by atoms with van der Waals surface area (Å²) in [7, 11) is 1.56. The Kier molecular flexibility index (Phi) is 3.61. The van der Waals surface area contributed by atoms with Gasteiger partial charge in [0, 0.05) is 12.4 Å². The molecule has 0 unspecified atom stereocenters. The number of nitrogens with one attached hydrogen (secondary N) is 1. The molecule has 0 bridgehead atoms. The van der Waals surface area contributed by atoms with Gasteiger partial charge < -0.3 is 10.4 Å². The number of amides is 1. The van der Waals surface area contributed by atoms with Gasteiger partial charge in [-0.2, -0.15) is 5.10 Å². The zero-order chi connectivity index (χ0) is 14.0. The summed E-state index contributed by atoms with van der Waals surface area (Å²) in [6, 6.07) is 0. The molecule has 0 atom stereocenters. The molecule has 0 saturated heterocycles. The number of aromatic carboxylic acids is 1. The van der Waals surface area contributed by atoms with Crippen LogP contribution < -0.4 is 5.32 Å². The minimum atomic E-state index is -1.13. The predicted octanol–water partition coefficient (Wildman–Crippen LogP) is 1.06. The quantitative estimate of drug-likeness (QED) is 0.873. The molecule has 0 saturated carbocycles. The first-order valence-corrected chi connectivity index (χ1v) is 6.31. The van der Waals surface area contributed by atoms with Gasteiger partial charge in [0.05, 0.1) is 23.3 Å². The van der Waals surface area contributed by atoms with E-state index in [1.54, 1.807) is 12.4 Å². The van der Waals surface area contributed by atoms with Crippen molar-refractivity contribution in [1.82, 2.24) is 14.8 Å². The monoisotopic (exact) mass is 280 g/mol. The number of carboxylic acids is 1. The van der Waals surface area contributed by atoms with E-state index in [0.29, 0.717) is 5.69 Å². The smallest absolute Gasteiger partial charge is 0.341 e. The van der Waals surface area contributed by atoms with E-state index in [2.05, 4.69) is 15.4 Å². The first-order valence-electron chi connectivity index (χ1n) is 5.43. The Labute approximate surface area is 112 Å². The third-order valence-electron chi connectivity index (χ3n) is 2.44. The molecule has 100 valence electrons. The zero-order valence-electron chi connectivity index (χ0n) is 10.4. The van der Waals surface area contributed by atoms with E-state index in [1.165, 1.54) is 22.2 Å². The third kappa shape index (κ3) is 2.97. The van der Waals surface area contributed by atoms with Crippen molar-refractivity contribution in [2.24, 2.45) is 7.05 Å². The van der Waals surface area contributed by atoms with E-state index in [4.69, 9.17) is 5.11 Å². The first kappa shape index (κ1) is 13.2. The van der Waals surface area contributed by atoms with Crippen LogP contribution in [0.25, 0.3) is 0 Å². The molecule has 2 aromatic heterocycles. The number of carboxylic acid groups (broad SMARTS) is 1. The lowest BCUT2D eigenvalue weighted by Crippen LogP contribution is -2.18. The van der Waals surface area contributed by atoms with Gasteiger partial charge in [-0.15, -0.1) is 11.3 Å². The fraction of sp³-hybridized carbons (Fsp3) is 0.273. The summed E-state index contributed by atoms with van der Waals surface area (Å²) in [5.74, 6) is -1.28. The number of hydrogen-bond acceptors (Lipinski definition) is 5. The number of aromatic nitrogens is 3. The Bertz CT molecular complexity index is 632. The number of aryl methyl sites for hydroxylation is 2. The van der Waals surface area contributed by atoms with Crippen LogP contribution in [0.3, 0.4) is 0 Å². The van der Waals surface area contributed by atoms with Crippen LogP contribution in [0.15, 0.2) is 11.6 Å². The normalized spacial score (nSPS) is 10.4. The molecule has 19 heavy (non-hydrogen) atoms. The highest BCUT2D eigenvalue weighted by Gasteiger charge is 2.17. The van der Waals surface area contributed by atoms with Crippen molar-refractivity contribution in [2.45, 2.75) is 13.3 Å². The van der Waals surface area contributed by atoms with Crippen molar-refractivity contribution in [2.75, 3.05) is 5.32 Å². The van der Waals surface area contributed by atoms with Gasteiger partial charge in [-0.3, -0.25) is 9.48 Å². The molecule has 2 rings (SSSR count). The van der Waals surface area contributed by atoms with E-state index in [9.17, 15) is 9.59 Å². The van der Waals surface area contributed by atoms with Crippen LogP contribution >= 0.6 is 11.3 Å². The molecule has 2 aromatic rings. The van der Waals surface area contributed by atoms with Gasteiger partial charge in [0.15, 0.2) is 0 Å². The van der Waals surface area contributed by atoms with E-state index in [0.717, 1.165) is 5.01 Å². The van der Waals surface area contributed by atoms with Crippen LogP contribution in [0.1, 0.15) is 21.1 Å². The van der Waals surface area contributed by atoms with Crippen LogP contribution in [-0.4, -0.2) is 31.7 Å². The van der Waals surface area contributed by atoms with Crippen molar-refractivity contribution in [3.63, 3.8) is 0 Å². The van der Waals surface area contributed by atoms with Crippen LogP contribution in [0.4, 0.5) is 5.82 Å². The lowest BCUT2D eigenvalue weighted by atomic mass is 10.3. The second kappa shape index (κ2) is 5.19. The van der Waals surface area contributed by atoms with Crippen molar-refractivity contribution >= 4 is 29.0 Å². The lowest BCUT2D eigenvalue weighted by Gasteiger charge is -2.05. The molecule has 0 aliphatic carbocycles. The predicted molar refractivity (Wildman–Crippen MR) is 69.4 cm³/mol. The maximum atomic E-state index is 11.8. The Hall–Kier alpha value is -2.22. The molecule has 0 aliphatic rings. The van der Waals surface area contributed by atoms with Crippen LogP contribution in [0, 0.1) is 6.92 Å². The maximum absolute atomic E-state index is 11.8. The molecular weight excluding hydrogens is 268 g/mol. The number of anilines is 1. The maximum Gasteiger partial charge on any atom is 0.341 e. The van der Waals surface area contributed by atoms with Gasteiger partial charge in [-0.25, -0.2) is 9.78 Å². The van der Waals surface area contributed by atoms with Gasteiger partial charge in [0.25, 0.3) is 0 Å². The van der Waals surface area contributed by atoms with Gasteiger partial charge in [0.2, 0.25) is 5.91 Å². The summed E-state index contributed by atoms with van der Waals surface area (Å²) in [5.41, 5.74) is 0.629. The number of thiazole rings is 1. The molecule has 0 fully saturated rings. The minimum absolute atomic E-state index is 0.0368. The number of carbonyl (C=O) groups excluding carboxylic acids is 1. The molecule has 0 radical (unpaired) electrons. The third-order valence-corrected chi connectivity index (χ3v) is 3.26. The molecule has 0 aromatic carbocycles. The molecule has 7 nitrogen and oxygen atoms in total. The number of rotatable bonds is 4. The summed E-state index contributed by atoms with van der Waals surface area (Å²) in [4.78, 5) is 27.0. The Morgan fingerprint density at radius 3 is 2.84 bits per heavy atom. The fourth-order valence-electron chi connectivity index (χ4n) is 1.57. The molecule has 1 amide bonds. The summed E-state index contributed by atoms with van der Waals surface area (Å²) >= 11 is 1.46. The molecule has 0 spiro atoms. The second-order valence-electron chi connectivity index (χ2n) is 3.92. The molecule has 2 N–H and O–H groups in total. The van der Waals surface area contributed by atoms with Gasteiger partial charge in [-0.05, 0) is 6.92 Å². The highest BCUT2D eigenvalue weighted by atomic mass is 32.1. The topological polar surface area (TPSA) is 97.1 Å². The number of carbonyl (C=O) groups is 2. The average molecular weight is 280 g/mol. The summed E-state index contributed by atoms with van der Waals surface area (Å²) in [6.45, 7) is 1.86. The molecule has 0 aliphatic heterocycles. The molecule has 2 heterocycles. The highest BCUT2D eigenvalue weighted by molar-refractivity contribution is 7.09. The second-order valence-corrected chi connectivity index (χ2v) is 4.98. The standard InChI is InChI=1S/C11H12N4O3S/c1-6-13-7(5-19-6)3-9(16)14-10-8(11(17)18)4-12-15(10)2/h4-5H,3H2,1-2H3,(H,14,16)(H,17,18). The van der Waals surface area contributed by atoms with E-state index in [1.807, 2.05) is 6.92 Å². The summed E-state index contributed by atoms with van der Waals surface area (Å²) < 4.78 is 1.31. The SMILES string of the molecule is Cc1nc(CC(=O)Nc2c(C(=O)O)cnn2C)cs1. The largest absolute Gasteiger partial charge is 0.477 e. The Morgan fingerprint density at radius 2 is 2.26 bits per heavy atom. The van der Waals surface area contributed by atoms with Crippen molar-refractivity contribution in [1.29, 1.82) is 0 Å². The molecular formula is C11H12N4O3S. The van der Waals surface area contributed by atoms with Crippen LogP contribution in [-0.2, 0) is 18.3 Å².